The minimum Gasteiger partial charge on any atom is -0.396 e. The van der Waals surface area contributed by atoms with E-state index in [1.165, 1.54) is 0 Å². The van der Waals surface area contributed by atoms with Crippen LogP contribution in [0.15, 0.2) is 24.4 Å². The Labute approximate surface area is 147 Å². The predicted molar refractivity (Wildman–Crippen MR) is 96.8 cm³/mol. The highest BCUT2D eigenvalue weighted by atomic mass is 16.3. The van der Waals surface area contributed by atoms with Crippen molar-refractivity contribution in [3.63, 3.8) is 0 Å². The third-order valence-electron chi connectivity index (χ3n) is 4.59. The molecule has 0 aliphatic carbocycles. The van der Waals surface area contributed by atoms with Crippen molar-refractivity contribution < 1.29 is 9.90 Å². The fourth-order valence-electron chi connectivity index (χ4n) is 3.14. The van der Waals surface area contributed by atoms with Crippen LogP contribution in [-0.4, -0.2) is 45.9 Å². The number of carbonyl (C=O) groups is 1. The summed E-state index contributed by atoms with van der Waals surface area (Å²) in [5.74, 6) is 0.897. The van der Waals surface area contributed by atoms with Gasteiger partial charge < -0.3 is 15.3 Å². The van der Waals surface area contributed by atoms with E-state index in [4.69, 9.17) is 0 Å². The van der Waals surface area contributed by atoms with Crippen LogP contribution in [-0.2, 0) is 6.42 Å². The molecule has 1 aliphatic heterocycles. The van der Waals surface area contributed by atoms with Gasteiger partial charge in [-0.25, -0.2) is 4.98 Å². The fourth-order valence-corrected chi connectivity index (χ4v) is 3.14. The highest BCUT2D eigenvalue weighted by Gasteiger charge is 2.22. The highest BCUT2D eigenvalue weighted by molar-refractivity contribution is 6.04. The van der Waals surface area contributed by atoms with Crippen LogP contribution in [0.1, 0.15) is 42.4 Å². The minimum absolute atomic E-state index is 0.235. The summed E-state index contributed by atoms with van der Waals surface area (Å²) in [4.78, 5) is 19.1. The normalized spacial score (nSPS) is 15.4. The van der Waals surface area contributed by atoms with E-state index in [9.17, 15) is 9.90 Å². The summed E-state index contributed by atoms with van der Waals surface area (Å²) < 4.78 is 0. The van der Waals surface area contributed by atoms with Crippen molar-refractivity contribution in [1.82, 2.24) is 15.2 Å². The van der Waals surface area contributed by atoms with Gasteiger partial charge in [-0.1, -0.05) is 13.3 Å². The molecule has 7 heteroatoms. The Morgan fingerprint density at radius 3 is 2.96 bits per heavy atom. The first-order valence-electron chi connectivity index (χ1n) is 8.87. The molecule has 1 fully saturated rings. The van der Waals surface area contributed by atoms with Crippen molar-refractivity contribution in [1.29, 1.82) is 0 Å². The number of rotatable bonds is 6. The number of piperidine rings is 1. The summed E-state index contributed by atoms with van der Waals surface area (Å²) >= 11 is 0. The number of hydrogen-bond acceptors (Lipinski definition) is 5. The van der Waals surface area contributed by atoms with Crippen LogP contribution in [0, 0.1) is 5.92 Å². The number of aromatic nitrogens is 3. The van der Waals surface area contributed by atoms with E-state index >= 15 is 0 Å². The van der Waals surface area contributed by atoms with Gasteiger partial charge in [0.1, 0.15) is 0 Å². The molecule has 1 amide bonds. The standard InChI is InChI=1S/C18H25N5O2/c1-2-4-14-11-16(22-21-14)18(25)20-15-5-3-8-19-17(15)23-9-6-13(12-24)7-10-23/h3,5,8,11,13,24H,2,4,6-7,9-10,12H2,1H3,(H,20,25)(H,21,22). The van der Waals surface area contributed by atoms with Crippen LogP contribution in [0.2, 0.25) is 0 Å². The molecule has 0 unspecified atom stereocenters. The summed E-state index contributed by atoms with van der Waals surface area (Å²) in [5.41, 5.74) is 2.04. The number of anilines is 2. The Morgan fingerprint density at radius 1 is 1.44 bits per heavy atom. The minimum atomic E-state index is -0.238. The number of aromatic amines is 1. The zero-order valence-electron chi connectivity index (χ0n) is 14.5. The number of aliphatic hydroxyl groups is 1. The molecule has 7 nitrogen and oxygen atoms in total. The second-order valence-electron chi connectivity index (χ2n) is 6.47. The van der Waals surface area contributed by atoms with Gasteiger partial charge in [-0.3, -0.25) is 9.89 Å². The number of hydrogen-bond donors (Lipinski definition) is 3. The molecular formula is C18H25N5O2. The van der Waals surface area contributed by atoms with Gasteiger partial charge in [0, 0.05) is 31.6 Å². The number of H-pyrrole nitrogens is 1. The van der Waals surface area contributed by atoms with Crippen molar-refractivity contribution in [2.24, 2.45) is 5.92 Å². The summed E-state index contributed by atoms with van der Waals surface area (Å²) in [6, 6.07) is 5.46. The molecule has 3 N–H and O–H groups in total. The van der Waals surface area contributed by atoms with Crippen LogP contribution < -0.4 is 10.2 Å². The molecule has 0 aromatic carbocycles. The van der Waals surface area contributed by atoms with E-state index in [2.05, 4.69) is 32.3 Å². The topological polar surface area (TPSA) is 94.1 Å². The van der Waals surface area contributed by atoms with Crippen LogP contribution in [0.4, 0.5) is 11.5 Å². The smallest absolute Gasteiger partial charge is 0.276 e. The molecule has 1 aliphatic rings. The molecule has 3 rings (SSSR count). The van der Waals surface area contributed by atoms with E-state index in [-0.39, 0.29) is 12.5 Å². The number of aliphatic hydroxyl groups excluding tert-OH is 1. The summed E-state index contributed by atoms with van der Waals surface area (Å²) in [6.45, 7) is 3.98. The largest absolute Gasteiger partial charge is 0.396 e. The fraction of sp³-hybridized carbons (Fsp3) is 0.500. The lowest BCUT2D eigenvalue weighted by atomic mass is 9.98. The zero-order chi connectivity index (χ0) is 17.6. The molecule has 134 valence electrons. The van der Waals surface area contributed by atoms with Crippen LogP contribution >= 0.6 is 0 Å². The molecule has 25 heavy (non-hydrogen) atoms. The molecule has 0 spiro atoms. The average molecular weight is 343 g/mol. The maximum Gasteiger partial charge on any atom is 0.276 e. The maximum absolute atomic E-state index is 12.5. The first-order valence-corrected chi connectivity index (χ1v) is 8.87. The molecule has 2 aromatic rings. The van der Waals surface area contributed by atoms with Gasteiger partial charge in [0.25, 0.3) is 5.91 Å². The molecule has 0 radical (unpaired) electrons. The molecule has 2 aromatic heterocycles. The van der Waals surface area contributed by atoms with Gasteiger partial charge in [-0.05, 0) is 43.4 Å². The molecule has 0 saturated carbocycles. The summed E-state index contributed by atoms with van der Waals surface area (Å²) in [6.07, 6.45) is 5.47. The van der Waals surface area contributed by atoms with Crippen LogP contribution in [0.5, 0.6) is 0 Å². The van der Waals surface area contributed by atoms with Crippen molar-refractivity contribution in [3.05, 3.63) is 35.8 Å². The Balaban J connectivity index is 1.71. The summed E-state index contributed by atoms with van der Waals surface area (Å²) in [5, 5.41) is 19.2. The second-order valence-corrected chi connectivity index (χ2v) is 6.47. The SMILES string of the molecule is CCCc1cc(C(=O)Nc2cccnc2N2CCC(CO)CC2)n[nH]1. The molecular weight excluding hydrogens is 318 g/mol. The first-order chi connectivity index (χ1) is 12.2. The van der Waals surface area contributed by atoms with Crippen molar-refractivity contribution >= 4 is 17.4 Å². The number of nitrogens with zero attached hydrogens (tertiary/aromatic N) is 3. The zero-order valence-corrected chi connectivity index (χ0v) is 14.5. The third kappa shape index (κ3) is 4.17. The van der Waals surface area contributed by atoms with Gasteiger partial charge in [0.05, 0.1) is 5.69 Å². The second kappa shape index (κ2) is 8.11. The predicted octanol–water partition coefficient (Wildman–Crippen LogP) is 2.22. The maximum atomic E-state index is 12.5. The van der Waals surface area contributed by atoms with Gasteiger partial charge >= 0.3 is 0 Å². The van der Waals surface area contributed by atoms with Crippen molar-refractivity contribution in [2.75, 3.05) is 29.9 Å². The van der Waals surface area contributed by atoms with Gasteiger partial charge in [0.15, 0.2) is 11.5 Å². The van der Waals surface area contributed by atoms with E-state index in [1.807, 2.05) is 12.1 Å². The lowest BCUT2D eigenvalue weighted by Gasteiger charge is -2.33. The van der Waals surface area contributed by atoms with E-state index in [0.717, 1.165) is 50.3 Å². The number of amides is 1. The third-order valence-corrected chi connectivity index (χ3v) is 4.59. The first kappa shape index (κ1) is 17.4. The lowest BCUT2D eigenvalue weighted by molar-refractivity contribution is 0.102. The van der Waals surface area contributed by atoms with Gasteiger partial charge in [0.2, 0.25) is 0 Å². The molecule has 0 bridgehead atoms. The van der Waals surface area contributed by atoms with Gasteiger partial charge in [-0.2, -0.15) is 5.10 Å². The lowest BCUT2D eigenvalue weighted by Crippen LogP contribution is -2.35. The number of aryl methyl sites for hydroxylation is 1. The molecule has 0 atom stereocenters. The highest BCUT2D eigenvalue weighted by Crippen LogP contribution is 2.27. The number of pyridine rings is 1. The number of nitrogens with one attached hydrogen (secondary N) is 2. The van der Waals surface area contributed by atoms with Crippen molar-refractivity contribution in [2.45, 2.75) is 32.6 Å². The van der Waals surface area contributed by atoms with Crippen molar-refractivity contribution in [3.8, 4) is 0 Å². The van der Waals surface area contributed by atoms with E-state index in [1.54, 1.807) is 12.3 Å². The van der Waals surface area contributed by atoms with E-state index in [0.29, 0.717) is 17.3 Å². The Kier molecular flexibility index (Phi) is 5.65. The average Bonchev–Trinajstić information content (AvgIpc) is 3.11. The number of carbonyl (C=O) groups excluding carboxylic acids is 1. The van der Waals surface area contributed by atoms with Crippen LogP contribution in [0.25, 0.3) is 0 Å². The Morgan fingerprint density at radius 2 is 2.24 bits per heavy atom. The molecule has 1 saturated heterocycles. The van der Waals surface area contributed by atoms with E-state index < -0.39 is 0 Å². The van der Waals surface area contributed by atoms with Gasteiger partial charge in [-0.15, -0.1) is 0 Å². The summed E-state index contributed by atoms with van der Waals surface area (Å²) in [7, 11) is 0. The Hall–Kier alpha value is -2.41. The Bertz CT molecular complexity index is 707. The van der Waals surface area contributed by atoms with Crippen LogP contribution in [0.3, 0.4) is 0 Å². The quantitative estimate of drug-likeness (QED) is 0.748. The molecule has 3 heterocycles. The monoisotopic (exact) mass is 343 g/mol.